The molecular weight excluding hydrogens is 725 g/mol. The fraction of sp³-hybridized carbons (Fsp3) is 0.310. The fourth-order valence-corrected chi connectivity index (χ4v) is 13.3. The highest BCUT2D eigenvalue weighted by Gasteiger charge is 2.58. The van der Waals surface area contributed by atoms with Crippen molar-refractivity contribution in [1.29, 1.82) is 0 Å². The standard InChI is InChI=1S/C58H56N2/c1-55-29-13-7-15-31-57(55,3)59(47-17-9-5-10-18-47)51-27-25-39(37-49(51)55)45-33-41-21-23-43-35-46(36-44-24-22-42(34-45)53(41)54(43)44)40-26-28-52-50(38-40)56(2)30-14-8-16-32-58(56,4)60(52)48-19-11-6-12-20-48/h5-6,9-12,17-28,33-38H,7-8,13-16,29-32H2,1-4H3. The van der Waals surface area contributed by atoms with E-state index in [0.29, 0.717) is 0 Å². The van der Waals surface area contributed by atoms with Crippen LogP contribution in [0.5, 0.6) is 0 Å². The average molecular weight is 781 g/mol. The van der Waals surface area contributed by atoms with E-state index >= 15 is 0 Å². The van der Waals surface area contributed by atoms with E-state index in [4.69, 9.17) is 0 Å². The zero-order chi connectivity index (χ0) is 40.4. The van der Waals surface area contributed by atoms with Gasteiger partial charge < -0.3 is 9.80 Å². The minimum atomic E-state index is 0.0359. The monoisotopic (exact) mass is 780 g/mol. The SMILES string of the molecule is CC12CCCCCC1(C)N(c1ccccc1)c1ccc(-c3cc4ccc5cc(-c6ccc7c(c6)C6(C)CCCCCC6(C)N7c6ccccc6)cc6ccc(c3)c4c56)cc12. The average Bonchev–Trinajstić information content (AvgIpc) is 3.39. The zero-order valence-corrected chi connectivity index (χ0v) is 35.8. The lowest BCUT2D eigenvalue weighted by atomic mass is 9.66. The first-order valence-electron chi connectivity index (χ1n) is 22.9. The van der Waals surface area contributed by atoms with Crippen molar-refractivity contribution in [2.24, 2.45) is 0 Å². The van der Waals surface area contributed by atoms with Crippen LogP contribution in [0.1, 0.15) is 103 Å². The zero-order valence-electron chi connectivity index (χ0n) is 35.8. The van der Waals surface area contributed by atoms with Gasteiger partial charge in [0.1, 0.15) is 0 Å². The predicted molar refractivity (Wildman–Crippen MR) is 256 cm³/mol. The molecule has 2 fully saturated rings. The Hall–Kier alpha value is -5.60. The number of fused-ring (bicyclic) bond motifs is 6. The van der Waals surface area contributed by atoms with Crippen LogP contribution in [-0.4, -0.2) is 11.1 Å². The van der Waals surface area contributed by atoms with Crippen molar-refractivity contribution in [3.63, 3.8) is 0 Å². The van der Waals surface area contributed by atoms with Crippen molar-refractivity contribution in [2.75, 3.05) is 9.80 Å². The van der Waals surface area contributed by atoms with Gasteiger partial charge in [0.05, 0.1) is 11.1 Å². The molecule has 2 nitrogen and oxygen atoms in total. The molecule has 0 saturated heterocycles. The molecule has 12 rings (SSSR count). The normalized spacial score (nSPS) is 26.2. The van der Waals surface area contributed by atoms with Gasteiger partial charge in [-0.3, -0.25) is 0 Å². The molecule has 8 aromatic rings. The summed E-state index contributed by atoms with van der Waals surface area (Å²) in [6.45, 7) is 10.2. The lowest BCUT2D eigenvalue weighted by Gasteiger charge is -2.46. The van der Waals surface area contributed by atoms with Gasteiger partial charge in [-0.1, -0.05) is 125 Å². The molecule has 0 N–H and O–H groups in total. The molecule has 2 heteroatoms. The molecule has 60 heavy (non-hydrogen) atoms. The van der Waals surface area contributed by atoms with Crippen LogP contribution in [-0.2, 0) is 10.8 Å². The number of rotatable bonds is 4. The molecule has 0 amide bonds. The Labute approximate surface area is 356 Å². The Bertz CT molecular complexity index is 2700. The molecular formula is C58H56N2. The van der Waals surface area contributed by atoms with Gasteiger partial charge in [-0.15, -0.1) is 0 Å². The molecule has 0 bridgehead atoms. The second-order valence-corrected chi connectivity index (χ2v) is 19.9. The minimum Gasteiger partial charge on any atom is -0.334 e. The smallest absolute Gasteiger partial charge is 0.0517 e. The number of hydrogen-bond acceptors (Lipinski definition) is 2. The van der Waals surface area contributed by atoms with Crippen LogP contribution >= 0.6 is 0 Å². The van der Waals surface area contributed by atoms with Crippen LogP contribution in [0.2, 0.25) is 0 Å². The third-order valence-corrected chi connectivity index (χ3v) is 16.9. The van der Waals surface area contributed by atoms with E-state index in [-0.39, 0.29) is 21.9 Å². The van der Waals surface area contributed by atoms with Crippen molar-refractivity contribution in [1.82, 2.24) is 0 Å². The van der Waals surface area contributed by atoms with Crippen molar-refractivity contribution in [3.05, 3.63) is 157 Å². The van der Waals surface area contributed by atoms with Crippen LogP contribution in [0.25, 0.3) is 54.6 Å². The van der Waals surface area contributed by atoms with Crippen LogP contribution in [0, 0.1) is 0 Å². The summed E-state index contributed by atoms with van der Waals surface area (Å²) >= 11 is 0. The molecule has 4 atom stereocenters. The molecule has 4 aliphatic rings. The van der Waals surface area contributed by atoms with E-state index < -0.39 is 0 Å². The molecule has 2 aliphatic carbocycles. The van der Waals surface area contributed by atoms with Crippen molar-refractivity contribution in [2.45, 2.75) is 114 Å². The van der Waals surface area contributed by atoms with Crippen LogP contribution in [0.4, 0.5) is 22.7 Å². The maximum atomic E-state index is 2.70. The van der Waals surface area contributed by atoms with Gasteiger partial charge >= 0.3 is 0 Å². The quantitative estimate of drug-likeness (QED) is 0.164. The summed E-state index contributed by atoms with van der Waals surface area (Å²) < 4.78 is 0. The first-order valence-corrected chi connectivity index (χ1v) is 22.9. The van der Waals surface area contributed by atoms with Crippen molar-refractivity contribution < 1.29 is 0 Å². The molecule has 0 aromatic heterocycles. The van der Waals surface area contributed by atoms with Crippen molar-refractivity contribution in [3.8, 4) is 22.3 Å². The topological polar surface area (TPSA) is 6.48 Å². The van der Waals surface area contributed by atoms with Gasteiger partial charge in [-0.05, 0) is 178 Å². The number of para-hydroxylation sites is 2. The predicted octanol–water partition coefficient (Wildman–Crippen LogP) is 16.2. The number of anilines is 4. The molecule has 2 saturated carbocycles. The molecule has 298 valence electrons. The highest BCUT2D eigenvalue weighted by molar-refractivity contribution is 6.24. The van der Waals surface area contributed by atoms with Gasteiger partial charge in [0.2, 0.25) is 0 Å². The van der Waals surface area contributed by atoms with Crippen molar-refractivity contribution >= 4 is 55.1 Å². The van der Waals surface area contributed by atoms with Gasteiger partial charge in [0.15, 0.2) is 0 Å². The largest absolute Gasteiger partial charge is 0.334 e. The van der Waals surface area contributed by atoms with E-state index in [1.807, 2.05) is 0 Å². The lowest BCUT2D eigenvalue weighted by Crippen LogP contribution is -2.52. The molecule has 8 aromatic carbocycles. The van der Waals surface area contributed by atoms with Gasteiger partial charge in [0.25, 0.3) is 0 Å². The Balaban J connectivity index is 0.951. The number of hydrogen-bond donors (Lipinski definition) is 0. The minimum absolute atomic E-state index is 0.0359. The molecule has 0 radical (unpaired) electrons. The highest BCUT2D eigenvalue weighted by Crippen LogP contribution is 2.62. The van der Waals surface area contributed by atoms with E-state index in [1.165, 1.54) is 153 Å². The van der Waals surface area contributed by atoms with Crippen LogP contribution < -0.4 is 9.80 Å². The summed E-state index contributed by atoms with van der Waals surface area (Å²) in [5.74, 6) is 0. The van der Waals surface area contributed by atoms with E-state index in [2.05, 4.69) is 183 Å². The van der Waals surface area contributed by atoms with Gasteiger partial charge in [0, 0.05) is 33.6 Å². The highest BCUT2D eigenvalue weighted by atomic mass is 15.3. The van der Waals surface area contributed by atoms with E-state index in [9.17, 15) is 0 Å². The second kappa shape index (κ2) is 13.0. The molecule has 2 aliphatic heterocycles. The first-order chi connectivity index (χ1) is 29.2. The molecule has 2 heterocycles. The summed E-state index contributed by atoms with van der Waals surface area (Å²) in [5.41, 5.74) is 13.9. The summed E-state index contributed by atoms with van der Waals surface area (Å²) in [7, 11) is 0. The van der Waals surface area contributed by atoms with E-state index in [0.717, 1.165) is 0 Å². The van der Waals surface area contributed by atoms with Crippen LogP contribution in [0.3, 0.4) is 0 Å². The summed E-state index contributed by atoms with van der Waals surface area (Å²) in [6, 6.07) is 56.4. The first kappa shape index (κ1) is 36.3. The van der Waals surface area contributed by atoms with E-state index in [1.54, 1.807) is 0 Å². The number of nitrogens with zero attached hydrogens (tertiary/aromatic N) is 2. The summed E-state index contributed by atoms with van der Waals surface area (Å²) in [6.07, 6.45) is 12.7. The van der Waals surface area contributed by atoms with Gasteiger partial charge in [-0.2, -0.15) is 0 Å². The molecule has 0 spiro atoms. The maximum absolute atomic E-state index is 2.70. The Morgan fingerprint density at radius 2 is 0.717 bits per heavy atom. The Morgan fingerprint density at radius 3 is 1.10 bits per heavy atom. The molecule has 4 unspecified atom stereocenters. The second-order valence-electron chi connectivity index (χ2n) is 19.9. The lowest BCUT2D eigenvalue weighted by molar-refractivity contribution is 0.261. The van der Waals surface area contributed by atoms with Gasteiger partial charge in [-0.25, -0.2) is 0 Å². The fourth-order valence-electron chi connectivity index (χ4n) is 13.3. The third kappa shape index (κ3) is 4.88. The maximum Gasteiger partial charge on any atom is 0.0517 e. The summed E-state index contributed by atoms with van der Waals surface area (Å²) in [4.78, 5) is 5.39. The Morgan fingerprint density at radius 1 is 0.350 bits per heavy atom. The Kier molecular flexibility index (Phi) is 7.83. The third-order valence-electron chi connectivity index (χ3n) is 16.9. The summed E-state index contributed by atoms with van der Waals surface area (Å²) in [5, 5.41) is 8.06. The number of benzene rings is 8. The van der Waals surface area contributed by atoms with Crippen LogP contribution in [0.15, 0.2) is 146 Å².